The van der Waals surface area contributed by atoms with Gasteiger partial charge in [0.05, 0.1) is 0 Å². The SMILES string of the molecule is NC(=N\O)/C(=N\O)c1ccccc1. The first-order chi connectivity index (χ1) is 6.29. The smallest absolute Gasteiger partial charge is 0.192 e. The van der Waals surface area contributed by atoms with E-state index in [1.54, 1.807) is 24.3 Å². The lowest BCUT2D eigenvalue weighted by Crippen LogP contribution is -2.24. The first kappa shape index (κ1) is 9.05. The van der Waals surface area contributed by atoms with E-state index in [2.05, 4.69) is 10.3 Å². The average Bonchev–Trinajstić information content (AvgIpc) is 2.20. The molecule has 0 radical (unpaired) electrons. The number of rotatable bonds is 2. The molecule has 0 aliphatic rings. The monoisotopic (exact) mass is 179 g/mol. The molecule has 5 heteroatoms. The summed E-state index contributed by atoms with van der Waals surface area (Å²) in [7, 11) is 0. The van der Waals surface area contributed by atoms with Gasteiger partial charge in [0.15, 0.2) is 11.5 Å². The van der Waals surface area contributed by atoms with Gasteiger partial charge in [0.2, 0.25) is 0 Å². The van der Waals surface area contributed by atoms with E-state index in [-0.39, 0.29) is 11.5 Å². The molecular formula is C8H9N3O2. The molecule has 1 aromatic rings. The van der Waals surface area contributed by atoms with Crippen molar-refractivity contribution < 1.29 is 10.4 Å². The summed E-state index contributed by atoms with van der Waals surface area (Å²) in [5, 5.41) is 22.6. The number of hydrogen-bond donors (Lipinski definition) is 3. The standard InChI is InChI=1S/C8H9N3O2/c9-8(11-13)7(10-12)6-4-2-1-3-5-6/h1-5,12-13H,(H2,9,11)/b10-7-. The van der Waals surface area contributed by atoms with E-state index in [1.165, 1.54) is 0 Å². The second kappa shape index (κ2) is 4.10. The van der Waals surface area contributed by atoms with Crippen LogP contribution in [0.5, 0.6) is 0 Å². The molecule has 1 aromatic carbocycles. The third-order valence-corrected chi connectivity index (χ3v) is 1.50. The number of benzene rings is 1. The Morgan fingerprint density at radius 1 is 1.08 bits per heavy atom. The molecule has 0 amide bonds. The van der Waals surface area contributed by atoms with Crippen LogP contribution in [-0.4, -0.2) is 22.0 Å². The van der Waals surface area contributed by atoms with Gasteiger partial charge in [-0.1, -0.05) is 40.6 Å². The van der Waals surface area contributed by atoms with Crippen LogP contribution in [0.1, 0.15) is 5.56 Å². The van der Waals surface area contributed by atoms with Crippen LogP contribution in [0.15, 0.2) is 40.6 Å². The quantitative estimate of drug-likeness (QED) is 0.269. The molecule has 0 aliphatic carbocycles. The Morgan fingerprint density at radius 2 is 1.69 bits per heavy atom. The molecule has 0 aromatic heterocycles. The van der Waals surface area contributed by atoms with Gasteiger partial charge < -0.3 is 16.1 Å². The summed E-state index contributed by atoms with van der Waals surface area (Å²) in [6.07, 6.45) is 0. The van der Waals surface area contributed by atoms with Crippen molar-refractivity contribution in [3.05, 3.63) is 35.9 Å². The van der Waals surface area contributed by atoms with Gasteiger partial charge in [-0.3, -0.25) is 0 Å². The lowest BCUT2D eigenvalue weighted by atomic mass is 10.1. The van der Waals surface area contributed by atoms with Crippen molar-refractivity contribution in [2.75, 3.05) is 0 Å². The number of hydrogen-bond acceptors (Lipinski definition) is 4. The van der Waals surface area contributed by atoms with Gasteiger partial charge in [0.1, 0.15) is 0 Å². The molecule has 5 nitrogen and oxygen atoms in total. The van der Waals surface area contributed by atoms with Crippen LogP contribution in [-0.2, 0) is 0 Å². The zero-order chi connectivity index (χ0) is 9.68. The zero-order valence-electron chi connectivity index (χ0n) is 6.75. The van der Waals surface area contributed by atoms with Gasteiger partial charge in [0, 0.05) is 5.56 Å². The van der Waals surface area contributed by atoms with E-state index in [0.29, 0.717) is 5.56 Å². The Hall–Kier alpha value is -2.04. The molecule has 0 fully saturated rings. The topological polar surface area (TPSA) is 91.2 Å². The highest BCUT2D eigenvalue weighted by Crippen LogP contribution is 2.00. The largest absolute Gasteiger partial charge is 0.410 e. The van der Waals surface area contributed by atoms with Crippen molar-refractivity contribution in [3.8, 4) is 0 Å². The van der Waals surface area contributed by atoms with Crippen LogP contribution in [0, 0.1) is 0 Å². The fraction of sp³-hybridized carbons (Fsp3) is 0. The molecule has 0 unspecified atom stereocenters. The highest BCUT2D eigenvalue weighted by atomic mass is 16.4. The minimum Gasteiger partial charge on any atom is -0.410 e. The third kappa shape index (κ3) is 1.96. The van der Waals surface area contributed by atoms with Gasteiger partial charge in [0.25, 0.3) is 0 Å². The fourth-order valence-electron chi connectivity index (χ4n) is 0.900. The molecule has 0 spiro atoms. The van der Waals surface area contributed by atoms with Crippen molar-refractivity contribution in [1.29, 1.82) is 0 Å². The average molecular weight is 179 g/mol. The van der Waals surface area contributed by atoms with E-state index >= 15 is 0 Å². The van der Waals surface area contributed by atoms with Gasteiger partial charge in [-0.05, 0) is 0 Å². The molecule has 13 heavy (non-hydrogen) atoms. The molecular weight excluding hydrogens is 170 g/mol. The second-order valence-corrected chi connectivity index (χ2v) is 2.30. The highest BCUT2D eigenvalue weighted by Gasteiger charge is 2.08. The van der Waals surface area contributed by atoms with Crippen molar-refractivity contribution >= 4 is 11.5 Å². The van der Waals surface area contributed by atoms with Gasteiger partial charge >= 0.3 is 0 Å². The molecule has 0 bridgehead atoms. The van der Waals surface area contributed by atoms with Crippen LogP contribution in [0.3, 0.4) is 0 Å². The summed E-state index contributed by atoms with van der Waals surface area (Å²) in [4.78, 5) is 0. The van der Waals surface area contributed by atoms with E-state index in [4.69, 9.17) is 16.1 Å². The van der Waals surface area contributed by atoms with Crippen molar-refractivity contribution in [2.24, 2.45) is 16.0 Å². The van der Waals surface area contributed by atoms with Gasteiger partial charge in [-0.15, -0.1) is 0 Å². The minimum absolute atomic E-state index is 0.0445. The maximum atomic E-state index is 8.60. The summed E-state index contributed by atoms with van der Waals surface area (Å²) < 4.78 is 0. The Bertz CT molecular complexity index is 333. The number of amidine groups is 1. The van der Waals surface area contributed by atoms with Gasteiger partial charge in [-0.25, -0.2) is 0 Å². The van der Waals surface area contributed by atoms with Crippen LogP contribution in [0.2, 0.25) is 0 Å². The molecule has 68 valence electrons. The van der Waals surface area contributed by atoms with Crippen molar-refractivity contribution in [1.82, 2.24) is 0 Å². The predicted octanol–water partition coefficient (Wildman–Crippen LogP) is 0.611. The fourth-order valence-corrected chi connectivity index (χ4v) is 0.900. The van der Waals surface area contributed by atoms with Crippen LogP contribution in [0.4, 0.5) is 0 Å². The van der Waals surface area contributed by atoms with E-state index in [1.807, 2.05) is 6.07 Å². The second-order valence-electron chi connectivity index (χ2n) is 2.30. The molecule has 1 rings (SSSR count). The highest BCUT2D eigenvalue weighted by molar-refractivity contribution is 6.46. The summed E-state index contributed by atoms with van der Waals surface area (Å²) in [5.74, 6) is -0.228. The first-order valence-corrected chi connectivity index (χ1v) is 3.55. The van der Waals surface area contributed by atoms with Crippen LogP contribution >= 0.6 is 0 Å². The Balaban J connectivity index is 3.07. The van der Waals surface area contributed by atoms with Gasteiger partial charge in [-0.2, -0.15) is 0 Å². The Morgan fingerprint density at radius 3 is 2.15 bits per heavy atom. The van der Waals surface area contributed by atoms with E-state index < -0.39 is 0 Å². The lowest BCUT2D eigenvalue weighted by molar-refractivity contribution is 0.314. The lowest BCUT2D eigenvalue weighted by Gasteiger charge is -2.00. The maximum Gasteiger partial charge on any atom is 0.192 e. The zero-order valence-corrected chi connectivity index (χ0v) is 6.75. The normalized spacial score (nSPS) is 12.9. The Labute approximate surface area is 74.8 Å². The number of nitrogens with zero attached hydrogens (tertiary/aromatic N) is 2. The van der Waals surface area contributed by atoms with E-state index in [0.717, 1.165) is 0 Å². The maximum absolute atomic E-state index is 8.60. The molecule has 0 aliphatic heterocycles. The summed E-state index contributed by atoms with van der Waals surface area (Å²) in [5.41, 5.74) is 5.90. The number of nitrogens with two attached hydrogens (primary N) is 1. The van der Waals surface area contributed by atoms with Crippen LogP contribution < -0.4 is 5.73 Å². The molecule has 4 N–H and O–H groups in total. The minimum atomic E-state index is -0.228. The third-order valence-electron chi connectivity index (χ3n) is 1.50. The molecule has 0 heterocycles. The molecule has 0 atom stereocenters. The molecule has 0 saturated carbocycles. The van der Waals surface area contributed by atoms with Crippen LogP contribution in [0.25, 0.3) is 0 Å². The summed E-state index contributed by atoms with van der Waals surface area (Å²) in [6.45, 7) is 0. The van der Waals surface area contributed by atoms with E-state index in [9.17, 15) is 0 Å². The Kier molecular flexibility index (Phi) is 2.86. The summed E-state index contributed by atoms with van der Waals surface area (Å²) in [6, 6.07) is 8.70. The molecule has 0 saturated heterocycles. The predicted molar refractivity (Wildman–Crippen MR) is 48.2 cm³/mol. The number of oxime groups is 2. The van der Waals surface area contributed by atoms with Crippen molar-refractivity contribution in [2.45, 2.75) is 0 Å². The first-order valence-electron chi connectivity index (χ1n) is 3.55. The summed E-state index contributed by atoms with van der Waals surface area (Å²) >= 11 is 0. The van der Waals surface area contributed by atoms with Crippen molar-refractivity contribution in [3.63, 3.8) is 0 Å².